The van der Waals surface area contributed by atoms with E-state index in [0.29, 0.717) is 11.5 Å². The zero-order chi connectivity index (χ0) is 4.57. The van der Waals surface area contributed by atoms with E-state index in [1.54, 1.807) is 0 Å². The van der Waals surface area contributed by atoms with Crippen LogP contribution in [0.1, 0.15) is 0 Å². The van der Waals surface area contributed by atoms with E-state index in [9.17, 15) is 4.21 Å². The van der Waals surface area contributed by atoms with Crippen molar-refractivity contribution in [2.45, 2.75) is 5.38 Å². The van der Waals surface area contributed by atoms with Crippen molar-refractivity contribution in [3.8, 4) is 0 Å². The van der Waals surface area contributed by atoms with E-state index < -0.39 is 10.8 Å². The van der Waals surface area contributed by atoms with E-state index >= 15 is 0 Å². The fourth-order valence-corrected chi connectivity index (χ4v) is 1.91. The van der Waals surface area contributed by atoms with Gasteiger partial charge >= 0.3 is 0 Å². The maximum Gasteiger partial charge on any atom is 0.0566 e. The molecule has 0 unspecified atom stereocenters. The molecular formula is C3H5ClOS. The fourth-order valence-electron chi connectivity index (χ4n) is 0.355. The predicted molar refractivity (Wildman–Crippen MR) is 27.5 cm³/mol. The Morgan fingerprint density at radius 1 is 1.67 bits per heavy atom. The lowest BCUT2D eigenvalue weighted by Crippen LogP contribution is -2.31. The minimum absolute atomic E-state index is 0.214. The Labute approximate surface area is 44.1 Å². The van der Waals surface area contributed by atoms with E-state index in [-0.39, 0.29) is 5.38 Å². The number of rotatable bonds is 0. The summed E-state index contributed by atoms with van der Waals surface area (Å²) in [5, 5.41) is 0.214. The zero-order valence-corrected chi connectivity index (χ0v) is 4.76. The first-order chi connectivity index (χ1) is 2.79. The summed E-state index contributed by atoms with van der Waals surface area (Å²) in [6.45, 7) is 0. The van der Waals surface area contributed by atoms with Gasteiger partial charge in [-0.3, -0.25) is 4.21 Å². The van der Waals surface area contributed by atoms with Gasteiger partial charge in [0.05, 0.1) is 5.38 Å². The van der Waals surface area contributed by atoms with Crippen LogP contribution >= 0.6 is 11.6 Å². The fraction of sp³-hybridized carbons (Fsp3) is 1.00. The molecule has 0 atom stereocenters. The van der Waals surface area contributed by atoms with Crippen molar-refractivity contribution in [3.05, 3.63) is 0 Å². The molecule has 0 aliphatic carbocycles. The lowest BCUT2D eigenvalue weighted by molar-refractivity contribution is 0.672. The van der Waals surface area contributed by atoms with E-state index in [4.69, 9.17) is 11.6 Å². The second-order valence-electron chi connectivity index (χ2n) is 1.37. The van der Waals surface area contributed by atoms with Crippen LogP contribution in [0.4, 0.5) is 0 Å². The molecule has 1 saturated heterocycles. The van der Waals surface area contributed by atoms with Gasteiger partial charge in [-0.1, -0.05) is 0 Å². The highest BCUT2D eigenvalue weighted by Gasteiger charge is 2.21. The molecule has 1 fully saturated rings. The molecule has 1 aliphatic heterocycles. The third-order valence-corrected chi connectivity index (χ3v) is 2.96. The van der Waals surface area contributed by atoms with Gasteiger partial charge in [0.15, 0.2) is 0 Å². The van der Waals surface area contributed by atoms with Gasteiger partial charge in [0.1, 0.15) is 0 Å². The van der Waals surface area contributed by atoms with Crippen LogP contribution in [0.25, 0.3) is 0 Å². The number of alkyl halides is 1. The summed E-state index contributed by atoms with van der Waals surface area (Å²) in [5.74, 6) is 1.42. The lowest BCUT2D eigenvalue weighted by atomic mass is 10.5. The molecule has 0 saturated carbocycles. The van der Waals surface area contributed by atoms with Crippen LogP contribution in [0.5, 0.6) is 0 Å². The number of hydrogen-bond acceptors (Lipinski definition) is 1. The Hall–Kier alpha value is 0.440. The van der Waals surface area contributed by atoms with Gasteiger partial charge in [-0.25, -0.2) is 0 Å². The minimum atomic E-state index is -0.554. The topological polar surface area (TPSA) is 17.1 Å². The number of halogens is 1. The van der Waals surface area contributed by atoms with Gasteiger partial charge in [0, 0.05) is 22.3 Å². The monoisotopic (exact) mass is 124 g/mol. The SMILES string of the molecule is O=S1CC(Cl)C1. The van der Waals surface area contributed by atoms with Crippen LogP contribution in [-0.4, -0.2) is 21.1 Å². The van der Waals surface area contributed by atoms with Crippen LogP contribution in [-0.2, 0) is 10.8 Å². The Kier molecular flexibility index (Phi) is 1.15. The Morgan fingerprint density at radius 2 is 2.17 bits per heavy atom. The molecule has 0 aromatic carbocycles. The Balaban J connectivity index is 2.28. The summed E-state index contributed by atoms with van der Waals surface area (Å²) >= 11 is 5.45. The molecule has 0 spiro atoms. The molecule has 1 aliphatic rings. The van der Waals surface area contributed by atoms with Crippen LogP contribution in [0.3, 0.4) is 0 Å². The van der Waals surface area contributed by atoms with Crippen molar-refractivity contribution in [1.82, 2.24) is 0 Å². The summed E-state index contributed by atoms with van der Waals surface area (Å²) in [6.07, 6.45) is 0. The molecule has 1 heterocycles. The van der Waals surface area contributed by atoms with Crippen molar-refractivity contribution in [2.24, 2.45) is 0 Å². The first-order valence-corrected chi connectivity index (χ1v) is 3.70. The normalized spacial score (nSPS) is 44.8. The van der Waals surface area contributed by atoms with Gasteiger partial charge in [-0.05, 0) is 0 Å². The van der Waals surface area contributed by atoms with Gasteiger partial charge in [0.2, 0.25) is 0 Å². The first kappa shape index (κ1) is 4.60. The maximum atomic E-state index is 10.1. The predicted octanol–water partition coefficient (Wildman–Crippen LogP) is 0.356. The molecule has 1 rings (SSSR count). The molecule has 0 amide bonds. The second kappa shape index (κ2) is 1.51. The summed E-state index contributed by atoms with van der Waals surface area (Å²) in [7, 11) is -0.554. The van der Waals surface area contributed by atoms with Crippen molar-refractivity contribution in [3.63, 3.8) is 0 Å². The molecule has 6 heavy (non-hydrogen) atoms. The molecule has 0 radical (unpaired) electrons. The Bertz CT molecular complexity index is 74.9. The first-order valence-electron chi connectivity index (χ1n) is 1.78. The zero-order valence-electron chi connectivity index (χ0n) is 3.19. The third kappa shape index (κ3) is 0.738. The summed E-state index contributed by atoms with van der Waals surface area (Å²) in [5.41, 5.74) is 0. The average Bonchev–Trinajstić information content (AvgIpc) is 1.33. The molecule has 0 N–H and O–H groups in total. The van der Waals surface area contributed by atoms with Crippen LogP contribution < -0.4 is 0 Å². The molecule has 0 aromatic rings. The van der Waals surface area contributed by atoms with Crippen molar-refractivity contribution in [1.29, 1.82) is 0 Å². The Morgan fingerprint density at radius 3 is 2.17 bits per heavy atom. The summed E-state index contributed by atoms with van der Waals surface area (Å²) in [6, 6.07) is 0. The van der Waals surface area contributed by atoms with Crippen molar-refractivity contribution >= 4 is 22.4 Å². The van der Waals surface area contributed by atoms with E-state index in [1.165, 1.54) is 0 Å². The van der Waals surface area contributed by atoms with Gasteiger partial charge in [0.25, 0.3) is 0 Å². The van der Waals surface area contributed by atoms with E-state index in [2.05, 4.69) is 0 Å². The highest BCUT2D eigenvalue weighted by atomic mass is 35.5. The smallest absolute Gasteiger partial charge is 0.0566 e. The highest BCUT2D eigenvalue weighted by Crippen LogP contribution is 2.10. The van der Waals surface area contributed by atoms with Crippen LogP contribution in [0.2, 0.25) is 0 Å². The van der Waals surface area contributed by atoms with E-state index in [1.807, 2.05) is 0 Å². The largest absolute Gasteiger partial charge is 0.259 e. The maximum absolute atomic E-state index is 10.1. The van der Waals surface area contributed by atoms with Crippen molar-refractivity contribution < 1.29 is 4.21 Å². The van der Waals surface area contributed by atoms with Crippen LogP contribution in [0, 0.1) is 0 Å². The van der Waals surface area contributed by atoms with Crippen molar-refractivity contribution in [2.75, 3.05) is 11.5 Å². The molecular weight excluding hydrogens is 120 g/mol. The highest BCUT2D eigenvalue weighted by molar-refractivity contribution is 7.86. The third-order valence-electron chi connectivity index (χ3n) is 0.733. The van der Waals surface area contributed by atoms with E-state index in [0.717, 1.165) is 0 Å². The van der Waals surface area contributed by atoms with Crippen LogP contribution in [0.15, 0.2) is 0 Å². The second-order valence-corrected chi connectivity index (χ2v) is 3.53. The average molecular weight is 125 g/mol. The molecule has 0 aromatic heterocycles. The minimum Gasteiger partial charge on any atom is -0.259 e. The molecule has 0 bridgehead atoms. The summed E-state index contributed by atoms with van der Waals surface area (Å²) < 4.78 is 10.1. The quantitative estimate of drug-likeness (QED) is 0.426. The molecule has 1 nitrogen and oxygen atoms in total. The lowest BCUT2D eigenvalue weighted by Gasteiger charge is -2.16. The van der Waals surface area contributed by atoms with Gasteiger partial charge < -0.3 is 0 Å². The molecule has 36 valence electrons. The molecule has 3 heteroatoms. The van der Waals surface area contributed by atoms with Gasteiger partial charge in [-0.15, -0.1) is 11.6 Å². The standard InChI is InChI=1S/C3H5ClOS/c4-3-1-6(5)2-3/h3H,1-2H2. The number of hydrogen-bond donors (Lipinski definition) is 0. The summed E-state index contributed by atoms with van der Waals surface area (Å²) in [4.78, 5) is 0. The van der Waals surface area contributed by atoms with Gasteiger partial charge in [-0.2, -0.15) is 0 Å².